The molecule has 8 heteroatoms. The first-order valence-corrected chi connectivity index (χ1v) is 6.52. The third-order valence-corrected chi connectivity index (χ3v) is 3.43. The Balaban J connectivity index is 1.93. The second-order valence-corrected chi connectivity index (χ2v) is 5.15. The molecule has 1 spiro atoms. The first-order chi connectivity index (χ1) is 8.58. The number of amides is 1. The molecule has 1 aromatic rings. The number of carbonyl (C=O) groups is 1. The first kappa shape index (κ1) is 11.4. The quantitative estimate of drug-likeness (QED) is 0.670. The maximum Gasteiger partial charge on any atom is 0.259 e. The van der Waals surface area contributed by atoms with Crippen LogP contribution in [0.25, 0.3) is 0 Å². The van der Waals surface area contributed by atoms with Crippen molar-refractivity contribution in [3.05, 3.63) is 17.8 Å². The average Bonchev–Trinajstić information content (AvgIpc) is 3.08. The summed E-state index contributed by atoms with van der Waals surface area (Å²) in [6.07, 6.45) is 3.15. The fourth-order valence-corrected chi connectivity index (χ4v) is 2.17. The predicted octanol–water partition coefficient (Wildman–Crippen LogP) is 0.285. The van der Waals surface area contributed by atoms with E-state index in [1.807, 2.05) is 0 Å². The largest absolute Gasteiger partial charge is 0.475 e. The number of ether oxygens (including phenoxy) is 1. The standard InChI is InChI=1S/C10H11N3O4S/c14-8-7-3-6(13-18(15)16)4-11-9(7)17-5-10(12-8)1-2-10/h3-4,13H,1-2,5H2,(H,12,14)(H,15,16). The zero-order valence-electron chi connectivity index (χ0n) is 9.30. The van der Waals surface area contributed by atoms with E-state index < -0.39 is 11.3 Å². The second kappa shape index (κ2) is 3.92. The molecule has 0 radical (unpaired) electrons. The number of nitrogens with zero attached hydrogens (tertiary/aromatic N) is 1. The molecule has 1 aliphatic heterocycles. The molecule has 18 heavy (non-hydrogen) atoms. The van der Waals surface area contributed by atoms with Gasteiger partial charge in [-0.2, -0.15) is 0 Å². The summed E-state index contributed by atoms with van der Waals surface area (Å²) in [7, 11) is 0. The maximum absolute atomic E-state index is 12.0. The van der Waals surface area contributed by atoms with Gasteiger partial charge in [-0.25, -0.2) is 9.19 Å². The summed E-state index contributed by atoms with van der Waals surface area (Å²) in [4.78, 5) is 16.0. The lowest BCUT2D eigenvalue weighted by Crippen LogP contribution is -2.38. The van der Waals surface area contributed by atoms with E-state index in [0.29, 0.717) is 12.3 Å². The highest BCUT2D eigenvalue weighted by atomic mass is 32.2. The minimum Gasteiger partial charge on any atom is -0.475 e. The van der Waals surface area contributed by atoms with Crippen LogP contribution in [-0.4, -0.2) is 31.8 Å². The molecule has 3 N–H and O–H groups in total. The van der Waals surface area contributed by atoms with Gasteiger partial charge in [-0.1, -0.05) is 0 Å². The molecule has 1 saturated carbocycles. The first-order valence-electron chi connectivity index (χ1n) is 5.41. The Hall–Kier alpha value is -1.67. The highest BCUT2D eigenvalue weighted by Crippen LogP contribution is 2.38. The SMILES string of the molecule is O=C1NC2(CC2)COc2ncc(NS(=O)O)cc21. The number of aromatic nitrogens is 1. The third-order valence-electron chi connectivity index (χ3n) is 3.02. The van der Waals surface area contributed by atoms with Crippen molar-refractivity contribution in [1.82, 2.24) is 10.3 Å². The molecule has 2 heterocycles. The van der Waals surface area contributed by atoms with E-state index in [0.717, 1.165) is 12.8 Å². The molecular formula is C10H11N3O4S. The molecule has 1 atom stereocenters. The molecule has 1 amide bonds. The van der Waals surface area contributed by atoms with Crippen molar-refractivity contribution in [3.8, 4) is 5.88 Å². The second-order valence-electron chi connectivity index (χ2n) is 4.45. The summed E-state index contributed by atoms with van der Waals surface area (Å²) in [5.41, 5.74) is 0.319. The molecule has 1 aromatic heterocycles. The van der Waals surface area contributed by atoms with E-state index >= 15 is 0 Å². The highest BCUT2D eigenvalue weighted by molar-refractivity contribution is 7.80. The van der Waals surface area contributed by atoms with Crippen molar-refractivity contribution in [2.24, 2.45) is 0 Å². The van der Waals surface area contributed by atoms with Gasteiger partial charge in [-0.05, 0) is 18.9 Å². The monoisotopic (exact) mass is 269 g/mol. The summed E-state index contributed by atoms with van der Waals surface area (Å²) in [6, 6.07) is 1.45. The minimum atomic E-state index is -2.20. The van der Waals surface area contributed by atoms with Crippen LogP contribution in [0.5, 0.6) is 5.88 Å². The van der Waals surface area contributed by atoms with Crippen molar-refractivity contribution in [2.75, 3.05) is 11.3 Å². The lowest BCUT2D eigenvalue weighted by molar-refractivity contribution is 0.0932. The molecule has 3 rings (SSSR count). The van der Waals surface area contributed by atoms with Crippen molar-refractivity contribution in [2.45, 2.75) is 18.4 Å². The zero-order valence-corrected chi connectivity index (χ0v) is 10.1. The van der Waals surface area contributed by atoms with Crippen LogP contribution in [-0.2, 0) is 11.3 Å². The number of hydrogen-bond acceptors (Lipinski definition) is 4. The smallest absolute Gasteiger partial charge is 0.259 e. The van der Waals surface area contributed by atoms with E-state index in [1.165, 1.54) is 12.3 Å². The Morgan fingerprint density at radius 1 is 1.56 bits per heavy atom. The molecule has 0 saturated heterocycles. The predicted molar refractivity (Wildman–Crippen MR) is 63.6 cm³/mol. The van der Waals surface area contributed by atoms with Gasteiger partial charge in [-0.15, -0.1) is 0 Å². The van der Waals surface area contributed by atoms with Gasteiger partial charge in [0.25, 0.3) is 17.2 Å². The topological polar surface area (TPSA) is 101 Å². The van der Waals surface area contributed by atoms with Gasteiger partial charge >= 0.3 is 0 Å². The minimum absolute atomic E-state index is 0.245. The number of hydrogen-bond donors (Lipinski definition) is 3. The van der Waals surface area contributed by atoms with Gasteiger partial charge in [0, 0.05) is 0 Å². The van der Waals surface area contributed by atoms with Crippen LogP contribution in [0.1, 0.15) is 23.2 Å². The van der Waals surface area contributed by atoms with E-state index in [4.69, 9.17) is 9.29 Å². The van der Waals surface area contributed by atoms with E-state index in [9.17, 15) is 9.00 Å². The molecule has 96 valence electrons. The van der Waals surface area contributed by atoms with E-state index in [2.05, 4.69) is 15.0 Å². The Morgan fingerprint density at radius 2 is 2.33 bits per heavy atom. The van der Waals surface area contributed by atoms with Crippen LogP contribution < -0.4 is 14.8 Å². The normalized spacial score (nSPS) is 21.3. The van der Waals surface area contributed by atoms with Crippen LogP contribution in [0.2, 0.25) is 0 Å². The maximum atomic E-state index is 12.0. The van der Waals surface area contributed by atoms with Crippen molar-refractivity contribution in [1.29, 1.82) is 0 Å². The van der Waals surface area contributed by atoms with E-state index in [1.54, 1.807) is 0 Å². The van der Waals surface area contributed by atoms with Crippen LogP contribution in [0.3, 0.4) is 0 Å². The summed E-state index contributed by atoms with van der Waals surface area (Å²) in [6.45, 7) is 0.414. The van der Waals surface area contributed by atoms with Crippen LogP contribution in [0.15, 0.2) is 12.3 Å². The summed E-state index contributed by atoms with van der Waals surface area (Å²) in [5, 5.41) is 2.90. The summed E-state index contributed by atoms with van der Waals surface area (Å²) >= 11 is -2.20. The molecule has 2 aliphatic rings. The molecule has 7 nitrogen and oxygen atoms in total. The summed E-state index contributed by atoms with van der Waals surface area (Å²) in [5.74, 6) is -0.00887. The lowest BCUT2D eigenvalue weighted by atomic mass is 10.2. The van der Waals surface area contributed by atoms with Crippen LogP contribution >= 0.6 is 0 Å². The Kier molecular flexibility index (Phi) is 2.49. The number of pyridine rings is 1. The molecule has 1 unspecified atom stereocenters. The number of nitrogens with one attached hydrogen (secondary N) is 2. The molecule has 0 aromatic carbocycles. The van der Waals surface area contributed by atoms with Gasteiger partial charge in [0.15, 0.2) is 0 Å². The van der Waals surface area contributed by atoms with Crippen molar-refractivity contribution in [3.63, 3.8) is 0 Å². The average molecular weight is 269 g/mol. The van der Waals surface area contributed by atoms with E-state index in [-0.39, 0.29) is 22.9 Å². The van der Waals surface area contributed by atoms with Gasteiger partial charge in [0.2, 0.25) is 5.88 Å². The molecule has 1 aliphatic carbocycles. The molecular weight excluding hydrogens is 258 g/mol. The number of anilines is 1. The van der Waals surface area contributed by atoms with Crippen molar-refractivity contribution >= 4 is 22.9 Å². The fourth-order valence-electron chi connectivity index (χ4n) is 1.86. The van der Waals surface area contributed by atoms with Crippen LogP contribution in [0, 0.1) is 0 Å². The third kappa shape index (κ3) is 2.04. The summed E-state index contributed by atoms with van der Waals surface area (Å²) < 4.78 is 27.1. The zero-order chi connectivity index (χ0) is 12.8. The van der Waals surface area contributed by atoms with Gasteiger partial charge < -0.3 is 10.1 Å². The number of rotatable bonds is 2. The Morgan fingerprint density at radius 3 is 3.00 bits per heavy atom. The molecule has 0 bridgehead atoms. The van der Waals surface area contributed by atoms with Crippen LogP contribution in [0.4, 0.5) is 5.69 Å². The Bertz CT molecular complexity index is 544. The lowest BCUT2D eigenvalue weighted by Gasteiger charge is -2.11. The number of fused-ring (bicyclic) bond motifs is 1. The molecule has 1 fully saturated rings. The van der Waals surface area contributed by atoms with Gasteiger partial charge in [0.05, 0.1) is 17.4 Å². The van der Waals surface area contributed by atoms with Gasteiger partial charge in [0.1, 0.15) is 12.2 Å². The van der Waals surface area contributed by atoms with Crippen molar-refractivity contribution < 1.29 is 18.3 Å². The number of carbonyl (C=O) groups excluding carboxylic acids is 1. The fraction of sp³-hybridized carbons (Fsp3) is 0.400. The Labute approximate surface area is 105 Å². The van der Waals surface area contributed by atoms with Gasteiger partial charge in [-0.3, -0.25) is 14.1 Å². The highest BCUT2D eigenvalue weighted by Gasteiger charge is 2.47.